The maximum Gasteiger partial charge on any atom is 0.0594 e. The predicted octanol–water partition coefficient (Wildman–Crippen LogP) is 3.16. The standard InChI is InChI=1S/C16H26N2O/c1-16(2)7-5-15(6-8-16)19-11-10-18-13-14-4-3-9-17-12-14/h3-4,9,12,15,18H,5-8,10-11,13H2,1-2H3. The normalized spacial score (nSPS) is 19.5. The van der Waals surface area contributed by atoms with E-state index in [1.54, 1.807) is 6.20 Å². The number of pyridine rings is 1. The van der Waals surface area contributed by atoms with Crippen molar-refractivity contribution in [1.29, 1.82) is 0 Å². The fourth-order valence-electron chi connectivity index (χ4n) is 2.57. The fraction of sp³-hybridized carbons (Fsp3) is 0.688. The van der Waals surface area contributed by atoms with E-state index in [0.717, 1.165) is 19.7 Å². The zero-order valence-corrected chi connectivity index (χ0v) is 12.2. The molecule has 1 saturated carbocycles. The average molecular weight is 262 g/mol. The van der Waals surface area contributed by atoms with Gasteiger partial charge in [-0.3, -0.25) is 4.98 Å². The zero-order valence-electron chi connectivity index (χ0n) is 12.2. The molecular weight excluding hydrogens is 236 g/mol. The topological polar surface area (TPSA) is 34.1 Å². The van der Waals surface area contributed by atoms with Crippen LogP contribution in [0.2, 0.25) is 0 Å². The minimum atomic E-state index is 0.480. The van der Waals surface area contributed by atoms with E-state index in [1.165, 1.54) is 31.2 Å². The van der Waals surface area contributed by atoms with Gasteiger partial charge in [0.1, 0.15) is 0 Å². The summed E-state index contributed by atoms with van der Waals surface area (Å²) in [7, 11) is 0. The second-order valence-corrected chi connectivity index (χ2v) is 6.27. The van der Waals surface area contributed by atoms with E-state index in [2.05, 4.69) is 30.2 Å². The molecule has 1 aliphatic rings. The van der Waals surface area contributed by atoms with Gasteiger partial charge < -0.3 is 10.1 Å². The first-order valence-electron chi connectivity index (χ1n) is 7.37. The maximum absolute atomic E-state index is 5.94. The molecule has 1 heterocycles. The third kappa shape index (κ3) is 5.29. The predicted molar refractivity (Wildman–Crippen MR) is 77.9 cm³/mol. The minimum Gasteiger partial charge on any atom is -0.377 e. The molecule has 1 N–H and O–H groups in total. The Hall–Kier alpha value is -0.930. The van der Waals surface area contributed by atoms with Gasteiger partial charge in [0.25, 0.3) is 0 Å². The molecule has 19 heavy (non-hydrogen) atoms. The Kier molecular flexibility index (Phi) is 5.34. The monoisotopic (exact) mass is 262 g/mol. The highest BCUT2D eigenvalue weighted by Gasteiger charge is 2.26. The summed E-state index contributed by atoms with van der Waals surface area (Å²) in [6.45, 7) is 7.31. The Morgan fingerprint density at radius 1 is 1.37 bits per heavy atom. The molecular formula is C16H26N2O. The Bertz CT molecular complexity index is 354. The molecule has 0 saturated heterocycles. The summed E-state index contributed by atoms with van der Waals surface area (Å²) in [5.74, 6) is 0. The van der Waals surface area contributed by atoms with Crippen molar-refractivity contribution in [3.05, 3.63) is 30.1 Å². The number of hydrogen-bond donors (Lipinski definition) is 1. The van der Waals surface area contributed by atoms with Gasteiger partial charge in [-0.05, 0) is 42.7 Å². The van der Waals surface area contributed by atoms with Crippen LogP contribution in [0.5, 0.6) is 0 Å². The van der Waals surface area contributed by atoms with Crippen LogP contribution in [0.1, 0.15) is 45.1 Å². The number of nitrogens with zero attached hydrogens (tertiary/aromatic N) is 1. The van der Waals surface area contributed by atoms with E-state index in [0.29, 0.717) is 11.5 Å². The molecule has 3 heteroatoms. The number of ether oxygens (including phenoxy) is 1. The molecule has 1 aromatic rings. The van der Waals surface area contributed by atoms with E-state index in [9.17, 15) is 0 Å². The number of aromatic nitrogens is 1. The molecule has 1 aromatic heterocycles. The first-order chi connectivity index (χ1) is 9.16. The third-order valence-electron chi connectivity index (χ3n) is 3.97. The molecule has 0 amide bonds. The third-order valence-corrected chi connectivity index (χ3v) is 3.97. The van der Waals surface area contributed by atoms with E-state index in [1.807, 2.05) is 12.3 Å². The molecule has 0 bridgehead atoms. The van der Waals surface area contributed by atoms with Crippen molar-refractivity contribution in [1.82, 2.24) is 10.3 Å². The van der Waals surface area contributed by atoms with Gasteiger partial charge >= 0.3 is 0 Å². The maximum atomic E-state index is 5.94. The van der Waals surface area contributed by atoms with E-state index >= 15 is 0 Å². The molecule has 3 nitrogen and oxygen atoms in total. The summed E-state index contributed by atoms with van der Waals surface area (Å²) in [6.07, 6.45) is 9.20. The molecule has 0 radical (unpaired) electrons. The van der Waals surface area contributed by atoms with Crippen molar-refractivity contribution in [3.8, 4) is 0 Å². The van der Waals surface area contributed by atoms with Crippen LogP contribution in [0.25, 0.3) is 0 Å². The first-order valence-corrected chi connectivity index (χ1v) is 7.37. The quantitative estimate of drug-likeness (QED) is 0.800. The summed E-state index contributed by atoms with van der Waals surface area (Å²) in [5, 5.41) is 3.39. The smallest absolute Gasteiger partial charge is 0.0594 e. The van der Waals surface area contributed by atoms with Crippen molar-refractivity contribution >= 4 is 0 Å². The summed E-state index contributed by atoms with van der Waals surface area (Å²) in [6, 6.07) is 4.06. The lowest BCUT2D eigenvalue weighted by molar-refractivity contribution is 0.00594. The van der Waals surface area contributed by atoms with Crippen LogP contribution < -0.4 is 5.32 Å². The van der Waals surface area contributed by atoms with Gasteiger partial charge in [-0.25, -0.2) is 0 Å². The van der Waals surface area contributed by atoms with Crippen LogP contribution in [-0.2, 0) is 11.3 Å². The zero-order chi connectivity index (χ0) is 13.6. The minimum absolute atomic E-state index is 0.480. The van der Waals surface area contributed by atoms with Crippen molar-refractivity contribution < 1.29 is 4.74 Å². The van der Waals surface area contributed by atoms with Crippen LogP contribution in [0.4, 0.5) is 0 Å². The summed E-state index contributed by atoms with van der Waals surface area (Å²) < 4.78 is 5.94. The van der Waals surface area contributed by atoms with Crippen molar-refractivity contribution in [2.45, 2.75) is 52.2 Å². The Labute approximate surface area is 116 Å². The van der Waals surface area contributed by atoms with Crippen LogP contribution in [0.15, 0.2) is 24.5 Å². The van der Waals surface area contributed by atoms with E-state index < -0.39 is 0 Å². The van der Waals surface area contributed by atoms with Gasteiger partial charge in [-0.1, -0.05) is 19.9 Å². The largest absolute Gasteiger partial charge is 0.377 e. The second kappa shape index (κ2) is 7.01. The van der Waals surface area contributed by atoms with Crippen molar-refractivity contribution in [2.75, 3.05) is 13.2 Å². The molecule has 1 aliphatic carbocycles. The SMILES string of the molecule is CC1(C)CCC(OCCNCc2cccnc2)CC1. The van der Waals surface area contributed by atoms with Gasteiger partial charge in [-0.15, -0.1) is 0 Å². The van der Waals surface area contributed by atoms with E-state index in [4.69, 9.17) is 4.74 Å². The van der Waals surface area contributed by atoms with Crippen LogP contribution in [0.3, 0.4) is 0 Å². The van der Waals surface area contributed by atoms with Crippen molar-refractivity contribution in [3.63, 3.8) is 0 Å². The average Bonchev–Trinajstić information content (AvgIpc) is 2.41. The van der Waals surface area contributed by atoms with Crippen molar-refractivity contribution in [2.24, 2.45) is 5.41 Å². The molecule has 0 unspecified atom stereocenters. The number of hydrogen-bond acceptors (Lipinski definition) is 3. The van der Waals surface area contributed by atoms with Gasteiger partial charge in [0, 0.05) is 25.5 Å². The van der Waals surface area contributed by atoms with Gasteiger partial charge in [-0.2, -0.15) is 0 Å². The highest BCUT2D eigenvalue weighted by atomic mass is 16.5. The Balaban J connectivity index is 1.53. The lowest BCUT2D eigenvalue weighted by Crippen LogP contribution is -2.29. The number of nitrogens with one attached hydrogen (secondary N) is 1. The molecule has 106 valence electrons. The summed E-state index contributed by atoms with van der Waals surface area (Å²) in [5.41, 5.74) is 1.75. The van der Waals surface area contributed by atoms with Gasteiger partial charge in [0.2, 0.25) is 0 Å². The summed E-state index contributed by atoms with van der Waals surface area (Å²) >= 11 is 0. The first kappa shape index (κ1) is 14.5. The van der Waals surface area contributed by atoms with E-state index in [-0.39, 0.29) is 0 Å². The molecule has 0 atom stereocenters. The summed E-state index contributed by atoms with van der Waals surface area (Å²) in [4.78, 5) is 4.10. The van der Waals surface area contributed by atoms with Gasteiger partial charge in [0.05, 0.1) is 12.7 Å². The highest BCUT2D eigenvalue weighted by Crippen LogP contribution is 2.35. The molecule has 0 aliphatic heterocycles. The lowest BCUT2D eigenvalue weighted by Gasteiger charge is -2.34. The second-order valence-electron chi connectivity index (χ2n) is 6.27. The molecule has 2 rings (SSSR count). The van der Waals surface area contributed by atoms with Crippen LogP contribution in [0, 0.1) is 5.41 Å². The molecule has 0 spiro atoms. The molecule has 1 fully saturated rings. The Morgan fingerprint density at radius 3 is 2.84 bits per heavy atom. The number of rotatable bonds is 6. The fourth-order valence-corrected chi connectivity index (χ4v) is 2.57. The highest BCUT2D eigenvalue weighted by molar-refractivity contribution is 5.07. The van der Waals surface area contributed by atoms with Crippen LogP contribution >= 0.6 is 0 Å². The van der Waals surface area contributed by atoms with Crippen LogP contribution in [-0.4, -0.2) is 24.2 Å². The Morgan fingerprint density at radius 2 is 2.16 bits per heavy atom. The van der Waals surface area contributed by atoms with Gasteiger partial charge in [0.15, 0.2) is 0 Å². The molecule has 0 aromatic carbocycles. The lowest BCUT2D eigenvalue weighted by atomic mass is 9.76.